The minimum atomic E-state index is -3.35. The van der Waals surface area contributed by atoms with Gasteiger partial charge in [0.25, 0.3) is 0 Å². The van der Waals surface area contributed by atoms with Gasteiger partial charge in [-0.1, -0.05) is 0 Å². The Labute approximate surface area is 108 Å². The summed E-state index contributed by atoms with van der Waals surface area (Å²) in [6, 6.07) is 6.62. The fourth-order valence-corrected chi connectivity index (χ4v) is 2.19. The lowest BCUT2D eigenvalue weighted by Crippen LogP contribution is -2.22. The Kier molecular flexibility index (Phi) is 4.80. The average molecular weight is 277 g/mol. The molecule has 1 rings (SSSR count). The minimum absolute atomic E-state index is 0.0279. The normalized spacial score (nSPS) is 13.7. The van der Waals surface area contributed by atoms with Crippen molar-refractivity contribution in [3.8, 4) is 0 Å². The predicted molar refractivity (Wildman–Crippen MR) is 71.1 cm³/mol. The lowest BCUT2D eigenvalue weighted by atomic mass is 10.3. The third-order valence-electron chi connectivity index (χ3n) is 2.22. The summed E-state index contributed by atoms with van der Waals surface area (Å²) < 4.78 is 24.8. The number of rotatable bonds is 5. The smallest absolute Gasteiger partial charge is 0.242 e. The zero-order valence-electron chi connectivity index (χ0n) is 10.1. The van der Waals surface area contributed by atoms with Crippen LogP contribution in [0.2, 0.25) is 0 Å². The van der Waals surface area contributed by atoms with Gasteiger partial charge in [0.15, 0.2) is 0 Å². The Morgan fingerprint density at radius 2 is 1.82 bits per heavy atom. The van der Waals surface area contributed by atoms with Gasteiger partial charge in [-0.15, -0.1) is 11.6 Å². The average Bonchev–Trinajstić information content (AvgIpc) is 2.26. The van der Waals surface area contributed by atoms with Crippen molar-refractivity contribution in [3.63, 3.8) is 0 Å². The van der Waals surface area contributed by atoms with Crippen molar-refractivity contribution in [1.29, 1.82) is 0 Å². The Balaban J connectivity index is 2.82. The van der Waals surface area contributed by atoms with Gasteiger partial charge in [0.2, 0.25) is 10.0 Å². The van der Waals surface area contributed by atoms with Crippen LogP contribution in [0.4, 0.5) is 5.69 Å². The summed E-state index contributed by atoms with van der Waals surface area (Å²) in [7, 11) is -0.324. The summed E-state index contributed by atoms with van der Waals surface area (Å²) in [5.74, 6) is 0. The van der Waals surface area contributed by atoms with Crippen LogP contribution in [0.5, 0.6) is 0 Å². The molecule has 1 atom stereocenters. The molecule has 0 radical (unpaired) electrons. The molecule has 96 valence electrons. The molecular weight excluding hydrogens is 260 g/mol. The van der Waals surface area contributed by atoms with Crippen LogP contribution in [0.3, 0.4) is 0 Å². The van der Waals surface area contributed by atoms with Gasteiger partial charge in [-0.05, 0) is 31.2 Å². The molecule has 0 aliphatic heterocycles. The van der Waals surface area contributed by atoms with E-state index < -0.39 is 10.0 Å². The van der Waals surface area contributed by atoms with Gasteiger partial charge in [0.1, 0.15) is 0 Å². The number of sulfonamides is 1. The van der Waals surface area contributed by atoms with Crippen LogP contribution in [0.15, 0.2) is 29.2 Å². The number of hydrogen-bond acceptors (Lipinski definition) is 3. The third kappa shape index (κ3) is 3.87. The molecule has 1 aromatic carbocycles. The quantitative estimate of drug-likeness (QED) is 0.837. The van der Waals surface area contributed by atoms with Crippen molar-refractivity contribution in [2.24, 2.45) is 0 Å². The van der Waals surface area contributed by atoms with Crippen molar-refractivity contribution >= 4 is 27.3 Å². The van der Waals surface area contributed by atoms with Gasteiger partial charge in [-0.2, -0.15) is 0 Å². The molecule has 6 heteroatoms. The van der Waals surface area contributed by atoms with Gasteiger partial charge >= 0.3 is 0 Å². The zero-order chi connectivity index (χ0) is 13.1. The molecule has 0 aliphatic carbocycles. The van der Waals surface area contributed by atoms with E-state index in [9.17, 15) is 8.42 Å². The number of anilines is 1. The third-order valence-corrected chi connectivity index (χ3v) is 4.20. The van der Waals surface area contributed by atoms with Crippen molar-refractivity contribution in [3.05, 3.63) is 24.3 Å². The van der Waals surface area contributed by atoms with Crippen LogP contribution in [0.25, 0.3) is 0 Å². The zero-order valence-corrected chi connectivity index (χ0v) is 11.7. The van der Waals surface area contributed by atoms with E-state index >= 15 is 0 Å². The van der Waals surface area contributed by atoms with E-state index in [1.807, 2.05) is 6.92 Å². The molecule has 17 heavy (non-hydrogen) atoms. The summed E-state index contributed by atoms with van der Waals surface area (Å²) in [4.78, 5) is 0.284. The number of hydrogen-bond donors (Lipinski definition) is 1. The fraction of sp³-hybridized carbons (Fsp3) is 0.455. The van der Waals surface area contributed by atoms with Gasteiger partial charge in [-0.3, -0.25) is 0 Å². The summed E-state index contributed by atoms with van der Waals surface area (Å²) in [6.45, 7) is 2.53. The van der Waals surface area contributed by atoms with Crippen LogP contribution in [-0.4, -0.2) is 38.7 Å². The molecule has 0 saturated carbocycles. The molecule has 1 unspecified atom stereocenters. The summed E-state index contributed by atoms with van der Waals surface area (Å²) >= 11 is 5.81. The second kappa shape index (κ2) is 5.71. The highest BCUT2D eigenvalue weighted by Gasteiger charge is 2.16. The van der Waals surface area contributed by atoms with Crippen molar-refractivity contribution in [2.45, 2.75) is 17.2 Å². The summed E-state index contributed by atoms with van der Waals surface area (Å²) in [5, 5.41) is 3.14. The highest BCUT2D eigenvalue weighted by Crippen LogP contribution is 2.16. The molecule has 0 aliphatic rings. The predicted octanol–water partition coefficient (Wildman–Crippen LogP) is 1.98. The molecule has 0 amide bonds. The topological polar surface area (TPSA) is 49.4 Å². The van der Waals surface area contributed by atoms with Crippen molar-refractivity contribution < 1.29 is 8.42 Å². The highest BCUT2D eigenvalue weighted by molar-refractivity contribution is 7.89. The molecule has 1 aromatic rings. The maximum Gasteiger partial charge on any atom is 0.242 e. The number of halogens is 1. The van der Waals surface area contributed by atoms with E-state index in [4.69, 9.17) is 11.6 Å². The monoisotopic (exact) mass is 276 g/mol. The molecule has 0 saturated heterocycles. The van der Waals surface area contributed by atoms with E-state index in [1.165, 1.54) is 18.4 Å². The second-order valence-corrected chi connectivity index (χ2v) is 6.87. The number of nitrogens with one attached hydrogen (secondary N) is 1. The number of benzene rings is 1. The molecule has 0 bridgehead atoms. The Morgan fingerprint density at radius 1 is 1.29 bits per heavy atom. The maximum absolute atomic E-state index is 11.8. The largest absolute Gasteiger partial charge is 0.384 e. The number of nitrogens with zero attached hydrogens (tertiary/aromatic N) is 1. The van der Waals surface area contributed by atoms with E-state index in [-0.39, 0.29) is 10.3 Å². The van der Waals surface area contributed by atoms with Crippen LogP contribution < -0.4 is 5.32 Å². The highest BCUT2D eigenvalue weighted by atomic mass is 35.5. The fourth-order valence-electron chi connectivity index (χ4n) is 1.21. The standard InChI is InChI=1S/C11H17ClN2O2S/c1-9(12)8-13-10-4-6-11(7-5-10)17(15,16)14(2)3/h4-7,9,13H,8H2,1-3H3. The van der Waals surface area contributed by atoms with E-state index in [0.717, 1.165) is 5.69 Å². The van der Waals surface area contributed by atoms with Crippen molar-refractivity contribution in [1.82, 2.24) is 4.31 Å². The molecule has 1 N–H and O–H groups in total. The van der Waals surface area contributed by atoms with E-state index in [1.54, 1.807) is 24.3 Å². The second-order valence-electron chi connectivity index (χ2n) is 3.97. The first-order valence-corrected chi connectivity index (χ1v) is 7.12. The van der Waals surface area contributed by atoms with Gasteiger partial charge in [-0.25, -0.2) is 12.7 Å². The molecule has 0 aromatic heterocycles. The first kappa shape index (κ1) is 14.3. The maximum atomic E-state index is 11.8. The van der Waals surface area contributed by atoms with Crippen LogP contribution in [-0.2, 0) is 10.0 Å². The Morgan fingerprint density at radius 3 is 2.24 bits per heavy atom. The minimum Gasteiger partial charge on any atom is -0.384 e. The Hall–Kier alpha value is -0.780. The van der Waals surface area contributed by atoms with Crippen molar-refractivity contribution in [2.75, 3.05) is 26.0 Å². The molecule has 0 fully saturated rings. The van der Waals surface area contributed by atoms with Gasteiger partial charge in [0, 0.05) is 31.7 Å². The van der Waals surface area contributed by atoms with Crippen LogP contribution >= 0.6 is 11.6 Å². The van der Waals surface area contributed by atoms with Crippen LogP contribution in [0.1, 0.15) is 6.92 Å². The Bertz CT molecular complexity index is 455. The molecule has 4 nitrogen and oxygen atoms in total. The first-order chi connectivity index (χ1) is 7.84. The van der Waals surface area contributed by atoms with E-state index in [2.05, 4.69) is 5.32 Å². The molecule has 0 heterocycles. The lowest BCUT2D eigenvalue weighted by molar-refractivity contribution is 0.521. The SMILES string of the molecule is CC(Cl)CNc1ccc(S(=O)(=O)N(C)C)cc1. The summed E-state index contributed by atoms with van der Waals surface area (Å²) in [5.41, 5.74) is 0.857. The van der Waals surface area contributed by atoms with Gasteiger partial charge in [0.05, 0.1) is 4.90 Å². The first-order valence-electron chi connectivity index (χ1n) is 5.24. The van der Waals surface area contributed by atoms with Crippen LogP contribution in [0, 0.1) is 0 Å². The molecular formula is C11H17ClN2O2S. The van der Waals surface area contributed by atoms with E-state index in [0.29, 0.717) is 6.54 Å². The summed E-state index contributed by atoms with van der Waals surface area (Å²) in [6.07, 6.45) is 0. The number of alkyl halides is 1. The molecule has 0 spiro atoms. The van der Waals surface area contributed by atoms with Gasteiger partial charge < -0.3 is 5.32 Å². The lowest BCUT2D eigenvalue weighted by Gasteiger charge is -2.12.